The Morgan fingerprint density at radius 2 is 1.76 bits per heavy atom. The molecule has 0 radical (unpaired) electrons. The Hall–Kier alpha value is -3.38. The van der Waals surface area contributed by atoms with Crippen molar-refractivity contribution in [1.82, 2.24) is 0 Å². The fourth-order valence-electron chi connectivity index (χ4n) is 4.12. The van der Waals surface area contributed by atoms with Crippen molar-refractivity contribution in [1.29, 1.82) is 0 Å². The SMILES string of the molecule is CCOc1cccc(N2C(=O)C(=O)/C(=C(/O)c3ccc(Br)c(C)c3)C2c2ccccc2C)c1. The molecule has 0 spiro atoms. The zero-order valence-corrected chi connectivity index (χ0v) is 20.2. The van der Waals surface area contributed by atoms with Crippen molar-refractivity contribution in [3.63, 3.8) is 0 Å². The Bertz CT molecular complexity index is 1280. The van der Waals surface area contributed by atoms with Crippen LogP contribution in [0, 0.1) is 13.8 Å². The van der Waals surface area contributed by atoms with Gasteiger partial charge < -0.3 is 9.84 Å². The van der Waals surface area contributed by atoms with Crippen LogP contribution < -0.4 is 9.64 Å². The van der Waals surface area contributed by atoms with Gasteiger partial charge in [-0.05, 0) is 61.7 Å². The highest BCUT2D eigenvalue weighted by Gasteiger charge is 2.47. The average Bonchev–Trinajstić information content (AvgIpc) is 3.06. The van der Waals surface area contributed by atoms with Crippen LogP contribution in [0.5, 0.6) is 5.75 Å². The number of halogens is 1. The third-order valence-corrected chi connectivity index (χ3v) is 6.66. The molecule has 5 nitrogen and oxygen atoms in total. The highest BCUT2D eigenvalue weighted by atomic mass is 79.9. The number of ketones is 1. The first kappa shape index (κ1) is 22.8. The lowest BCUT2D eigenvalue weighted by molar-refractivity contribution is -0.132. The Kier molecular flexibility index (Phi) is 6.38. The summed E-state index contributed by atoms with van der Waals surface area (Å²) in [6.45, 7) is 6.19. The van der Waals surface area contributed by atoms with E-state index < -0.39 is 17.7 Å². The minimum absolute atomic E-state index is 0.0674. The molecule has 1 atom stereocenters. The van der Waals surface area contributed by atoms with Gasteiger partial charge in [0.2, 0.25) is 0 Å². The summed E-state index contributed by atoms with van der Waals surface area (Å²) >= 11 is 3.46. The Balaban J connectivity index is 1.95. The summed E-state index contributed by atoms with van der Waals surface area (Å²) in [5.41, 5.74) is 3.67. The number of carbonyl (C=O) groups is 2. The fourth-order valence-corrected chi connectivity index (χ4v) is 4.37. The number of aliphatic hydroxyl groups excluding tert-OH is 1. The van der Waals surface area contributed by atoms with E-state index in [4.69, 9.17) is 4.74 Å². The minimum atomic E-state index is -0.771. The molecule has 1 fully saturated rings. The lowest BCUT2D eigenvalue weighted by atomic mass is 9.92. The van der Waals surface area contributed by atoms with E-state index in [0.29, 0.717) is 23.6 Å². The number of aryl methyl sites for hydroxylation is 2. The van der Waals surface area contributed by atoms with Crippen LogP contribution in [0.2, 0.25) is 0 Å². The van der Waals surface area contributed by atoms with Gasteiger partial charge in [0.1, 0.15) is 11.5 Å². The van der Waals surface area contributed by atoms with Crippen LogP contribution in [0.1, 0.15) is 35.2 Å². The smallest absolute Gasteiger partial charge is 0.300 e. The molecule has 168 valence electrons. The Morgan fingerprint density at radius 1 is 1.00 bits per heavy atom. The van der Waals surface area contributed by atoms with Crippen LogP contribution in [0.25, 0.3) is 5.76 Å². The van der Waals surface area contributed by atoms with Gasteiger partial charge in [0.25, 0.3) is 11.7 Å². The van der Waals surface area contributed by atoms with Crippen molar-refractivity contribution in [3.05, 3.63) is 99.0 Å². The van der Waals surface area contributed by atoms with E-state index >= 15 is 0 Å². The summed E-state index contributed by atoms with van der Waals surface area (Å²) in [6, 6.07) is 19.2. The average molecular weight is 506 g/mol. The predicted octanol–water partition coefficient (Wildman–Crippen LogP) is 6.09. The maximum Gasteiger partial charge on any atom is 0.300 e. The van der Waals surface area contributed by atoms with E-state index in [-0.39, 0.29) is 11.3 Å². The van der Waals surface area contributed by atoms with Crippen LogP contribution in [0.3, 0.4) is 0 Å². The quantitative estimate of drug-likeness (QED) is 0.258. The van der Waals surface area contributed by atoms with Crippen molar-refractivity contribution in [3.8, 4) is 5.75 Å². The molecule has 1 aliphatic rings. The lowest BCUT2D eigenvalue weighted by Crippen LogP contribution is -2.29. The highest BCUT2D eigenvalue weighted by Crippen LogP contribution is 2.43. The fraction of sp³-hybridized carbons (Fsp3) is 0.185. The van der Waals surface area contributed by atoms with E-state index in [9.17, 15) is 14.7 Å². The number of anilines is 1. The van der Waals surface area contributed by atoms with Gasteiger partial charge >= 0.3 is 0 Å². The lowest BCUT2D eigenvalue weighted by Gasteiger charge is -2.27. The second kappa shape index (κ2) is 9.24. The van der Waals surface area contributed by atoms with Crippen molar-refractivity contribution >= 4 is 39.1 Å². The van der Waals surface area contributed by atoms with Gasteiger partial charge in [-0.15, -0.1) is 0 Å². The number of ether oxygens (including phenoxy) is 1. The third kappa shape index (κ3) is 4.18. The van der Waals surface area contributed by atoms with Crippen molar-refractivity contribution < 1.29 is 19.4 Å². The molecule has 1 aliphatic heterocycles. The molecule has 1 unspecified atom stereocenters. The molecule has 1 amide bonds. The summed E-state index contributed by atoms with van der Waals surface area (Å²) in [5, 5.41) is 11.3. The molecule has 33 heavy (non-hydrogen) atoms. The number of amides is 1. The zero-order chi connectivity index (χ0) is 23.7. The molecule has 0 bridgehead atoms. The summed E-state index contributed by atoms with van der Waals surface area (Å²) in [5.74, 6) is -1.000. The maximum absolute atomic E-state index is 13.3. The first-order valence-corrected chi connectivity index (χ1v) is 11.5. The molecule has 0 aliphatic carbocycles. The van der Waals surface area contributed by atoms with Crippen molar-refractivity contribution in [2.24, 2.45) is 0 Å². The molecular formula is C27H24BrNO4. The zero-order valence-electron chi connectivity index (χ0n) is 18.6. The van der Waals surface area contributed by atoms with E-state index in [2.05, 4.69) is 15.9 Å². The Labute approximate surface area is 201 Å². The van der Waals surface area contributed by atoms with Gasteiger partial charge in [0, 0.05) is 21.8 Å². The molecule has 6 heteroatoms. The van der Waals surface area contributed by atoms with Gasteiger partial charge in [0.15, 0.2) is 0 Å². The molecule has 1 N–H and O–H groups in total. The van der Waals surface area contributed by atoms with Crippen molar-refractivity contribution in [2.45, 2.75) is 26.8 Å². The standard InChI is InChI=1S/C27H24BrNO4/c1-4-33-20-10-7-9-19(15-20)29-24(21-11-6-5-8-16(21)2)23(26(31)27(29)32)25(30)18-12-13-22(28)17(3)14-18/h5-15,24,30H,4H2,1-3H3/b25-23+. The van der Waals surface area contributed by atoms with Gasteiger partial charge in [-0.2, -0.15) is 0 Å². The molecule has 0 saturated carbocycles. The van der Waals surface area contributed by atoms with Crippen LogP contribution >= 0.6 is 15.9 Å². The summed E-state index contributed by atoms with van der Waals surface area (Å²) in [7, 11) is 0. The number of hydrogen-bond acceptors (Lipinski definition) is 4. The summed E-state index contributed by atoms with van der Waals surface area (Å²) < 4.78 is 6.50. The first-order valence-electron chi connectivity index (χ1n) is 10.7. The third-order valence-electron chi connectivity index (χ3n) is 5.77. The van der Waals surface area contributed by atoms with Crippen molar-refractivity contribution in [2.75, 3.05) is 11.5 Å². The number of aliphatic hydroxyl groups is 1. The monoisotopic (exact) mass is 505 g/mol. The van der Waals surface area contributed by atoms with E-state index in [1.54, 1.807) is 36.4 Å². The van der Waals surface area contributed by atoms with Gasteiger partial charge in [-0.25, -0.2) is 0 Å². The predicted molar refractivity (Wildman–Crippen MR) is 132 cm³/mol. The van der Waals surface area contributed by atoms with Crippen LogP contribution in [-0.2, 0) is 9.59 Å². The molecular weight excluding hydrogens is 482 g/mol. The number of rotatable bonds is 5. The number of Topliss-reactive ketones (excluding diaryl/α,β-unsaturated/α-hetero) is 1. The topological polar surface area (TPSA) is 66.8 Å². The number of benzene rings is 3. The van der Waals surface area contributed by atoms with E-state index in [1.807, 2.05) is 51.1 Å². The summed E-state index contributed by atoms with van der Waals surface area (Å²) in [4.78, 5) is 28.1. The number of carbonyl (C=O) groups excluding carboxylic acids is 2. The number of nitrogens with zero attached hydrogens (tertiary/aromatic N) is 1. The normalized spacial score (nSPS) is 17.5. The molecule has 3 aromatic rings. The molecule has 1 saturated heterocycles. The van der Waals surface area contributed by atoms with Gasteiger partial charge in [-0.3, -0.25) is 14.5 Å². The van der Waals surface area contributed by atoms with Crippen LogP contribution in [0.4, 0.5) is 5.69 Å². The summed E-state index contributed by atoms with van der Waals surface area (Å²) in [6.07, 6.45) is 0. The second-order valence-corrected chi connectivity index (χ2v) is 8.77. The van der Waals surface area contributed by atoms with E-state index in [0.717, 1.165) is 21.2 Å². The first-order chi connectivity index (χ1) is 15.8. The van der Waals surface area contributed by atoms with E-state index in [1.165, 1.54) is 4.90 Å². The highest BCUT2D eigenvalue weighted by molar-refractivity contribution is 9.10. The van der Waals surface area contributed by atoms with Crippen LogP contribution in [-0.4, -0.2) is 23.4 Å². The minimum Gasteiger partial charge on any atom is -0.507 e. The second-order valence-electron chi connectivity index (χ2n) is 7.92. The largest absolute Gasteiger partial charge is 0.507 e. The number of hydrogen-bond donors (Lipinski definition) is 1. The Morgan fingerprint density at radius 3 is 2.45 bits per heavy atom. The van der Waals surface area contributed by atoms with Gasteiger partial charge in [0.05, 0.1) is 18.2 Å². The van der Waals surface area contributed by atoms with Gasteiger partial charge in [-0.1, -0.05) is 52.3 Å². The maximum atomic E-state index is 13.3. The van der Waals surface area contributed by atoms with Crippen LogP contribution in [0.15, 0.2) is 76.8 Å². The molecule has 0 aromatic heterocycles. The molecule has 3 aromatic carbocycles. The molecule has 4 rings (SSSR count). The molecule has 1 heterocycles.